The largest absolute Gasteiger partial charge is 0.356 e. The third-order valence-corrected chi connectivity index (χ3v) is 3.07. The van der Waals surface area contributed by atoms with Crippen molar-refractivity contribution in [3.63, 3.8) is 0 Å². The van der Waals surface area contributed by atoms with E-state index >= 15 is 0 Å². The average molecular weight is 248 g/mol. The number of amides is 2. The van der Waals surface area contributed by atoms with Crippen LogP contribution in [0.3, 0.4) is 0 Å². The predicted octanol–water partition coefficient (Wildman–Crippen LogP) is 1.77. The first kappa shape index (κ1) is 12.7. The molecule has 0 saturated carbocycles. The first-order valence-corrected chi connectivity index (χ1v) is 6.36. The molecule has 2 rings (SSSR count). The van der Waals surface area contributed by atoms with Crippen LogP contribution in [0.4, 0.5) is 16.3 Å². The summed E-state index contributed by atoms with van der Waals surface area (Å²) in [4.78, 5) is 20.4. The Morgan fingerprint density at radius 3 is 3.00 bits per heavy atom. The lowest BCUT2D eigenvalue weighted by molar-refractivity contribution is 0.246. The molecule has 0 unspecified atom stereocenters. The zero-order valence-corrected chi connectivity index (χ0v) is 11.2. The van der Waals surface area contributed by atoms with Crippen molar-refractivity contribution >= 4 is 17.5 Å². The van der Waals surface area contributed by atoms with Gasteiger partial charge in [-0.2, -0.15) is 0 Å². The van der Waals surface area contributed by atoms with Crippen LogP contribution < -0.4 is 15.1 Å². The van der Waals surface area contributed by atoms with Crippen molar-refractivity contribution < 1.29 is 4.79 Å². The van der Waals surface area contributed by atoms with E-state index < -0.39 is 0 Å². The number of likely N-dealkylation sites (N-methyl/N-ethyl adjacent to an activating group) is 1. The fourth-order valence-corrected chi connectivity index (χ4v) is 2.05. The Morgan fingerprint density at radius 1 is 1.50 bits per heavy atom. The summed E-state index contributed by atoms with van der Waals surface area (Å²) in [5.74, 6) is 0.874. The summed E-state index contributed by atoms with van der Waals surface area (Å²) in [7, 11) is 2.00. The van der Waals surface area contributed by atoms with Gasteiger partial charge in [-0.05, 0) is 25.0 Å². The van der Waals surface area contributed by atoms with Crippen molar-refractivity contribution in [2.45, 2.75) is 20.3 Å². The summed E-state index contributed by atoms with van der Waals surface area (Å²) in [6.45, 7) is 6.25. The van der Waals surface area contributed by atoms with Gasteiger partial charge >= 0.3 is 6.03 Å². The Balaban J connectivity index is 2.27. The summed E-state index contributed by atoms with van der Waals surface area (Å²) in [6, 6.07) is 1.99. The van der Waals surface area contributed by atoms with Gasteiger partial charge in [0.2, 0.25) is 0 Å². The number of nitrogens with one attached hydrogen (secondary N) is 1. The highest BCUT2D eigenvalue weighted by atomic mass is 16.2. The normalized spacial score (nSPS) is 14.4. The number of pyridine rings is 1. The van der Waals surface area contributed by atoms with Crippen molar-refractivity contribution in [2.75, 3.05) is 36.5 Å². The summed E-state index contributed by atoms with van der Waals surface area (Å²) >= 11 is 0. The molecule has 0 fully saturated rings. The molecule has 0 atom stereocenters. The Labute approximate surface area is 108 Å². The number of aryl methyl sites for hydroxylation is 1. The van der Waals surface area contributed by atoms with E-state index in [9.17, 15) is 4.79 Å². The Morgan fingerprint density at radius 2 is 2.28 bits per heavy atom. The summed E-state index contributed by atoms with van der Waals surface area (Å²) in [6.07, 6.45) is 2.78. The lowest BCUT2D eigenvalue weighted by Gasteiger charge is -2.34. The van der Waals surface area contributed by atoms with Crippen LogP contribution in [-0.4, -0.2) is 37.7 Å². The molecule has 0 aromatic carbocycles. The zero-order valence-electron chi connectivity index (χ0n) is 11.2. The Kier molecular flexibility index (Phi) is 3.69. The number of hydrogen-bond donors (Lipinski definition) is 1. The fraction of sp³-hybridized carbons (Fsp3) is 0.538. The second-order valence-corrected chi connectivity index (χ2v) is 4.66. The summed E-state index contributed by atoms with van der Waals surface area (Å²) < 4.78 is 0. The number of hydrogen-bond acceptors (Lipinski definition) is 3. The van der Waals surface area contributed by atoms with E-state index in [4.69, 9.17) is 0 Å². The third-order valence-electron chi connectivity index (χ3n) is 3.07. The first-order valence-electron chi connectivity index (χ1n) is 6.36. The second-order valence-electron chi connectivity index (χ2n) is 4.66. The molecule has 0 saturated heterocycles. The first-order chi connectivity index (χ1) is 8.63. The summed E-state index contributed by atoms with van der Waals surface area (Å²) in [5.41, 5.74) is 1.97. The lowest BCUT2D eigenvalue weighted by Crippen LogP contribution is -2.47. The molecular formula is C13H20N4O. The van der Waals surface area contributed by atoms with Crippen LogP contribution >= 0.6 is 0 Å². The van der Waals surface area contributed by atoms with Gasteiger partial charge in [0.25, 0.3) is 0 Å². The molecule has 0 aliphatic carbocycles. The maximum atomic E-state index is 12.1. The van der Waals surface area contributed by atoms with Crippen LogP contribution in [0.1, 0.15) is 18.9 Å². The third kappa shape index (κ3) is 2.39. The molecule has 2 heterocycles. The molecule has 5 heteroatoms. The van der Waals surface area contributed by atoms with Crippen molar-refractivity contribution in [3.05, 3.63) is 17.8 Å². The Hall–Kier alpha value is -1.78. The van der Waals surface area contributed by atoms with E-state index in [1.165, 1.54) is 0 Å². The van der Waals surface area contributed by atoms with Gasteiger partial charge in [0.15, 0.2) is 5.82 Å². The van der Waals surface area contributed by atoms with E-state index in [1.807, 2.05) is 33.2 Å². The number of carbonyl (C=O) groups is 1. The van der Waals surface area contributed by atoms with Gasteiger partial charge in [-0.1, -0.05) is 6.92 Å². The zero-order chi connectivity index (χ0) is 13.1. The number of nitrogens with zero attached hydrogens (tertiary/aromatic N) is 3. The van der Waals surface area contributed by atoms with E-state index in [-0.39, 0.29) is 6.03 Å². The molecule has 1 N–H and O–H groups in total. The minimum absolute atomic E-state index is 0.0291. The molecule has 98 valence electrons. The quantitative estimate of drug-likeness (QED) is 0.867. The van der Waals surface area contributed by atoms with Crippen LogP contribution in [0.5, 0.6) is 0 Å². The molecule has 0 bridgehead atoms. The molecule has 2 amide bonds. The van der Waals surface area contributed by atoms with Crippen LogP contribution in [0.2, 0.25) is 0 Å². The topological polar surface area (TPSA) is 48.5 Å². The highest BCUT2D eigenvalue weighted by Gasteiger charge is 2.25. The van der Waals surface area contributed by atoms with Crippen molar-refractivity contribution in [2.24, 2.45) is 0 Å². The van der Waals surface area contributed by atoms with Crippen LogP contribution in [0.15, 0.2) is 12.3 Å². The summed E-state index contributed by atoms with van der Waals surface area (Å²) in [5, 5.41) is 2.92. The fourth-order valence-electron chi connectivity index (χ4n) is 2.05. The maximum Gasteiger partial charge on any atom is 0.322 e. The van der Waals surface area contributed by atoms with Crippen molar-refractivity contribution in [1.29, 1.82) is 0 Å². The highest BCUT2D eigenvalue weighted by molar-refractivity contribution is 5.96. The SMILES string of the molecule is CCCNC(=O)N1CCN(C)c2ncc(C)cc21. The number of aromatic nitrogens is 1. The highest BCUT2D eigenvalue weighted by Crippen LogP contribution is 2.30. The molecule has 1 aromatic rings. The van der Waals surface area contributed by atoms with Gasteiger partial charge in [-0.25, -0.2) is 9.78 Å². The van der Waals surface area contributed by atoms with Crippen molar-refractivity contribution in [3.8, 4) is 0 Å². The second kappa shape index (κ2) is 5.25. The molecule has 1 aliphatic heterocycles. The van der Waals surface area contributed by atoms with Gasteiger partial charge < -0.3 is 10.2 Å². The maximum absolute atomic E-state index is 12.1. The predicted molar refractivity (Wildman–Crippen MR) is 73.3 cm³/mol. The van der Waals surface area contributed by atoms with Gasteiger partial charge in [-0.3, -0.25) is 4.90 Å². The van der Waals surface area contributed by atoms with Gasteiger partial charge in [0.05, 0.1) is 5.69 Å². The Bertz CT molecular complexity index is 447. The number of urea groups is 1. The monoisotopic (exact) mass is 248 g/mol. The minimum atomic E-state index is -0.0291. The van der Waals surface area contributed by atoms with E-state index in [0.29, 0.717) is 13.1 Å². The van der Waals surface area contributed by atoms with Gasteiger partial charge in [0, 0.05) is 32.9 Å². The number of rotatable bonds is 2. The van der Waals surface area contributed by atoms with Crippen molar-refractivity contribution in [1.82, 2.24) is 10.3 Å². The number of carbonyl (C=O) groups excluding carboxylic acids is 1. The minimum Gasteiger partial charge on any atom is -0.356 e. The van der Waals surface area contributed by atoms with Crippen LogP contribution in [0, 0.1) is 6.92 Å². The average Bonchev–Trinajstić information content (AvgIpc) is 2.36. The lowest BCUT2D eigenvalue weighted by atomic mass is 10.2. The van der Waals surface area contributed by atoms with Gasteiger partial charge in [0.1, 0.15) is 0 Å². The number of fused-ring (bicyclic) bond motifs is 1. The van der Waals surface area contributed by atoms with Crippen LogP contribution in [0.25, 0.3) is 0 Å². The van der Waals surface area contributed by atoms with E-state index in [1.54, 1.807) is 4.90 Å². The number of anilines is 2. The smallest absolute Gasteiger partial charge is 0.322 e. The van der Waals surface area contributed by atoms with E-state index in [0.717, 1.165) is 30.0 Å². The van der Waals surface area contributed by atoms with E-state index in [2.05, 4.69) is 15.2 Å². The molecular weight excluding hydrogens is 228 g/mol. The van der Waals surface area contributed by atoms with Crippen LogP contribution in [-0.2, 0) is 0 Å². The molecule has 1 aliphatic rings. The van der Waals surface area contributed by atoms with Gasteiger partial charge in [-0.15, -0.1) is 0 Å². The molecule has 0 radical (unpaired) electrons. The molecule has 1 aromatic heterocycles. The molecule has 18 heavy (non-hydrogen) atoms. The molecule has 0 spiro atoms. The molecule has 5 nitrogen and oxygen atoms in total. The standard InChI is InChI=1S/C13H20N4O/c1-4-5-14-13(18)17-7-6-16(3)12-11(17)8-10(2)9-15-12/h8-9H,4-7H2,1-3H3,(H,14,18).